The molecule has 0 saturated carbocycles. The van der Waals surface area contributed by atoms with Gasteiger partial charge in [0.1, 0.15) is 5.54 Å². The largest absolute Gasteiger partial charge is 0.480 e. The van der Waals surface area contributed by atoms with Crippen LogP contribution in [-0.4, -0.2) is 16.6 Å². The van der Waals surface area contributed by atoms with Gasteiger partial charge in [0.15, 0.2) is 0 Å². The molecule has 0 saturated heterocycles. The Morgan fingerprint density at radius 1 is 1.64 bits per heavy atom. The second-order valence-corrected chi connectivity index (χ2v) is 2.81. The fourth-order valence-corrected chi connectivity index (χ4v) is 0.582. The van der Waals surface area contributed by atoms with Crippen LogP contribution in [0.5, 0.6) is 0 Å². The van der Waals surface area contributed by atoms with E-state index in [0.717, 1.165) is 6.42 Å². The predicted molar refractivity (Wildman–Crippen MR) is 44.3 cm³/mol. The Morgan fingerprint density at radius 3 is 2.55 bits per heavy atom. The van der Waals surface area contributed by atoms with Gasteiger partial charge in [0, 0.05) is 0 Å². The smallest absolute Gasteiger partial charge is 0.323 e. The third kappa shape index (κ3) is 3.78. The minimum absolute atomic E-state index is 0.385. The molecular weight excluding hydrogens is 142 g/mol. The molecule has 0 bridgehead atoms. The highest BCUT2D eigenvalue weighted by Gasteiger charge is 2.25. The van der Waals surface area contributed by atoms with Crippen molar-refractivity contribution in [3.8, 4) is 0 Å². The van der Waals surface area contributed by atoms with Crippen molar-refractivity contribution in [3.63, 3.8) is 0 Å². The number of rotatable bonds is 4. The summed E-state index contributed by atoms with van der Waals surface area (Å²) >= 11 is 0. The lowest BCUT2D eigenvalue weighted by atomic mass is 9.99. The van der Waals surface area contributed by atoms with Gasteiger partial charge in [0.25, 0.3) is 0 Å². The van der Waals surface area contributed by atoms with Crippen LogP contribution in [0.2, 0.25) is 0 Å². The number of hydrogen-bond donors (Lipinski definition) is 2. The zero-order chi connectivity index (χ0) is 8.91. The first-order valence-corrected chi connectivity index (χ1v) is 3.68. The van der Waals surface area contributed by atoms with E-state index in [9.17, 15) is 4.79 Å². The molecule has 0 aliphatic heterocycles. The van der Waals surface area contributed by atoms with E-state index in [1.54, 1.807) is 6.08 Å². The van der Waals surface area contributed by atoms with E-state index in [-0.39, 0.29) is 0 Å². The Labute approximate surface area is 66.9 Å². The van der Waals surface area contributed by atoms with Crippen LogP contribution in [0.1, 0.15) is 26.7 Å². The monoisotopic (exact) mass is 157 g/mol. The number of aliphatic carboxylic acids is 1. The zero-order valence-electron chi connectivity index (χ0n) is 7.00. The van der Waals surface area contributed by atoms with Crippen molar-refractivity contribution in [3.05, 3.63) is 12.2 Å². The summed E-state index contributed by atoms with van der Waals surface area (Å²) in [5.74, 6) is -0.960. The fraction of sp³-hybridized carbons (Fsp3) is 0.625. The van der Waals surface area contributed by atoms with Crippen molar-refractivity contribution in [1.82, 2.24) is 0 Å². The first-order chi connectivity index (χ1) is 5.00. The van der Waals surface area contributed by atoms with E-state index in [0.29, 0.717) is 6.42 Å². The number of nitrogens with two attached hydrogens (primary N) is 1. The Balaban J connectivity index is 3.92. The van der Waals surface area contributed by atoms with E-state index in [1.165, 1.54) is 6.92 Å². The average Bonchev–Trinajstić information content (AvgIpc) is 1.88. The fourth-order valence-electron chi connectivity index (χ4n) is 0.582. The van der Waals surface area contributed by atoms with E-state index >= 15 is 0 Å². The summed E-state index contributed by atoms with van der Waals surface area (Å²) in [5, 5.41) is 8.58. The maximum absolute atomic E-state index is 10.5. The first kappa shape index (κ1) is 10.2. The molecule has 0 aromatic carbocycles. The van der Waals surface area contributed by atoms with Gasteiger partial charge < -0.3 is 10.8 Å². The summed E-state index contributed by atoms with van der Waals surface area (Å²) in [6.45, 7) is 3.50. The Kier molecular flexibility index (Phi) is 3.82. The summed E-state index contributed by atoms with van der Waals surface area (Å²) in [6, 6.07) is 0. The van der Waals surface area contributed by atoms with Crippen LogP contribution >= 0.6 is 0 Å². The molecule has 3 nitrogen and oxygen atoms in total. The number of allylic oxidation sites excluding steroid dienone is 1. The third-order valence-corrected chi connectivity index (χ3v) is 1.43. The number of hydrogen-bond acceptors (Lipinski definition) is 2. The van der Waals surface area contributed by atoms with Crippen molar-refractivity contribution in [2.45, 2.75) is 32.2 Å². The molecule has 0 spiro atoms. The first-order valence-electron chi connectivity index (χ1n) is 3.68. The SMILES string of the molecule is CCC=CC[C@](C)(N)C(=O)O. The normalized spacial score (nSPS) is 16.6. The van der Waals surface area contributed by atoms with Crippen molar-refractivity contribution >= 4 is 5.97 Å². The van der Waals surface area contributed by atoms with Gasteiger partial charge in [-0.3, -0.25) is 4.79 Å². The maximum atomic E-state index is 10.5. The van der Waals surface area contributed by atoms with Crippen LogP contribution in [0.4, 0.5) is 0 Å². The van der Waals surface area contributed by atoms with Gasteiger partial charge >= 0.3 is 5.97 Å². The predicted octanol–water partition coefficient (Wildman–Crippen LogP) is 1.14. The third-order valence-electron chi connectivity index (χ3n) is 1.43. The second-order valence-electron chi connectivity index (χ2n) is 2.81. The van der Waals surface area contributed by atoms with Gasteiger partial charge in [-0.1, -0.05) is 19.1 Å². The van der Waals surface area contributed by atoms with E-state index in [1.807, 2.05) is 13.0 Å². The molecule has 0 fully saturated rings. The lowest BCUT2D eigenvalue weighted by Crippen LogP contribution is -2.44. The molecule has 0 aliphatic rings. The van der Waals surface area contributed by atoms with Crippen molar-refractivity contribution in [2.75, 3.05) is 0 Å². The number of carboxylic acid groups (broad SMARTS) is 1. The minimum atomic E-state index is -1.12. The molecule has 0 aliphatic carbocycles. The minimum Gasteiger partial charge on any atom is -0.480 e. The maximum Gasteiger partial charge on any atom is 0.323 e. The highest BCUT2D eigenvalue weighted by molar-refractivity contribution is 5.78. The lowest BCUT2D eigenvalue weighted by molar-refractivity contribution is -0.142. The standard InChI is InChI=1S/C8H15NO2/c1-3-4-5-6-8(2,9)7(10)11/h4-5H,3,6,9H2,1-2H3,(H,10,11)/t8-/m0/s1. The molecule has 0 amide bonds. The van der Waals surface area contributed by atoms with Gasteiger partial charge in [0.05, 0.1) is 0 Å². The summed E-state index contributed by atoms with van der Waals surface area (Å²) in [6.07, 6.45) is 5.01. The van der Waals surface area contributed by atoms with Crippen molar-refractivity contribution in [1.29, 1.82) is 0 Å². The van der Waals surface area contributed by atoms with Gasteiger partial charge in [-0.15, -0.1) is 0 Å². The molecule has 11 heavy (non-hydrogen) atoms. The van der Waals surface area contributed by atoms with Gasteiger partial charge in [-0.2, -0.15) is 0 Å². The molecule has 0 aromatic heterocycles. The molecule has 0 rings (SSSR count). The number of carboxylic acids is 1. The topological polar surface area (TPSA) is 63.3 Å². The van der Waals surface area contributed by atoms with E-state index in [2.05, 4.69) is 0 Å². The van der Waals surface area contributed by atoms with Gasteiger partial charge in [-0.05, 0) is 19.8 Å². The molecule has 0 radical (unpaired) electrons. The van der Waals surface area contributed by atoms with E-state index in [4.69, 9.17) is 10.8 Å². The van der Waals surface area contributed by atoms with Crippen LogP contribution in [-0.2, 0) is 4.79 Å². The van der Waals surface area contributed by atoms with Crippen molar-refractivity contribution in [2.24, 2.45) is 5.73 Å². The molecule has 0 unspecified atom stereocenters. The Hall–Kier alpha value is -0.830. The highest BCUT2D eigenvalue weighted by atomic mass is 16.4. The highest BCUT2D eigenvalue weighted by Crippen LogP contribution is 2.06. The molecule has 0 aromatic rings. The Morgan fingerprint density at radius 2 is 2.18 bits per heavy atom. The van der Waals surface area contributed by atoms with Crippen molar-refractivity contribution < 1.29 is 9.90 Å². The summed E-state index contributed by atoms with van der Waals surface area (Å²) in [7, 11) is 0. The summed E-state index contributed by atoms with van der Waals surface area (Å²) < 4.78 is 0. The quantitative estimate of drug-likeness (QED) is 0.601. The lowest BCUT2D eigenvalue weighted by Gasteiger charge is -2.15. The molecule has 3 N–H and O–H groups in total. The van der Waals surface area contributed by atoms with Gasteiger partial charge in [-0.25, -0.2) is 0 Å². The van der Waals surface area contributed by atoms with Crippen LogP contribution in [0.25, 0.3) is 0 Å². The average molecular weight is 157 g/mol. The van der Waals surface area contributed by atoms with Crippen LogP contribution < -0.4 is 5.73 Å². The molecule has 0 heterocycles. The van der Waals surface area contributed by atoms with Crippen LogP contribution in [0.3, 0.4) is 0 Å². The Bertz CT molecular complexity index is 161. The van der Waals surface area contributed by atoms with E-state index < -0.39 is 11.5 Å². The molecule has 1 atom stereocenters. The van der Waals surface area contributed by atoms with Crippen LogP contribution in [0, 0.1) is 0 Å². The molecule has 64 valence electrons. The molecule has 3 heteroatoms. The second kappa shape index (κ2) is 4.13. The zero-order valence-corrected chi connectivity index (χ0v) is 7.00. The summed E-state index contributed by atoms with van der Waals surface area (Å²) in [4.78, 5) is 10.5. The molecular formula is C8H15NO2. The van der Waals surface area contributed by atoms with Crippen LogP contribution in [0.15, 0.2) is 12.2 Å². The van der Waals surface area contributed by atoms with Gasteiger partial charge in [0.2, 0.25) is 0 Å². The summed E-state index contributed by atoms with van der Waals surface area (Å²) in [5.41, 5.74) is 4.33. The number of carbonyl (C=O) groups is 1.